The van der Waals surface area contributed by atoms with Crippen LogP contribution in [0.1, 0.15) is 34.0 Å². The SMILES string of the molecule is CC(=O)Nc1cc(N/N=C2\C(=O)C=Cc3cccc(NS(C)(=O)=O)c32)c(O)c([N+](=O)[O-])c1.NS(=O)(=O)c1ccc(O)c(N/N=C2\C(=O)c3ccccc3C3=C2S(=O)(=O)CO3)c1.[Cr].[Na+]. The molecule has 8 N–H and O–H groups in total. The van der Waals surface area contributed by atoms with Crippen molar-refractivity contribution < 1.29 is 106 Å². The molecule has 27 heteroatoms. The Morgan fingerprint density at radius 1 is 0.889 bits per heavy atom. The van der Waals surface area contributed by atoms with Gasteiger partial charge >= 0.3 is 35.2 Å². The van der Waals surface area contributed by atoms with E-state index in [1.54, 1.807) is 30.3 Å². The summed E-state index contributed by atoms with van der Waals surface area (Å²) in [6.07, 6.45) is 3.67. The Hall–Kier alpha value is -5.95. The molecule has 0 unspecified atom stereocenters. The molecule has 0 bridgehead atoms. The zero-order valence-corrected chi connectivity index (χ0v) is 38.4. The van der Waals surface area contributed by atoms with Gasteiger partial charge in [0.05, 0.1) is 27.4 Å². The predicted molar refractivity (Wildman–Crippen MR) is 221 cm³/mol. The zero-order valence-electron chi connectivity index (χ0n) is 32.6. The van der Waals surface area contributed by atoms with Crippen LogP contribution in [0.15, 0.2) is 98.9 Å². The van der Waals surface area contributed by atoms with E-state index in [4.69, 9.17) is 9.88 Å². The van der Waals surface area contributed by atoms with Crippen LogP contribution in [-0.2, 0) is 61.6 Å². The van der Waals surface area contributed by atoms with E-state index in [0.29, 0.717) is 11.1 Å². The van der Waals surface area contributed by atoms with Gasteiger partial charge in [0, 0.05) is 52.7 Å². The number of benzene rings is 4. The molecule has 0 aromatic heterocycles. The van der Waals surface area contributed by atoms with Crippen LogP contribution in [0.5, 0.6) is 11.5 Å². The summed E-state index contributed by atoms with van der Waals surface area (Å²) in [6.45, 7) is 1.20. The van der Waals surface area contributed by atoms with Gasteiger partial charge in [0.25, 0.3) is 0 Å². The number of fused-ring (bicyclic) bond motifs is 3. The number of anilines is 4. The Morgan fingerprint density at radius 3 is 2.17 bits per heavy atom. The van der Waals surface area contributed by atoms with Gasteiger partial charge in [-0.3, -0.25) is 40.1 Å². The van der Waals surface area contributed by atoms with E-state index in [0.717, 1.165) is 30.5 Å². The number of Topliss-reactive ketones (excluding diaryl/α,β-unsaturated/α-hetero) is 1. The molecule has 1 heterocycles. The fourth-order valence-electron chi connectivity index (χ4n) is 5.94. The van der Waals surface area contributed by atoms with Crippen molar-refractivity contribution in [3.8, 4) is 11.5 Å². The Bertz CT molecular complexity index is 3090. The van der Waals surface area contributed by atoms with E-state index in [2.05, 4.69) is 31.1 Å². The number of hydrogen-bond acceptors (Lipinski definition) is 18. The van der Waals surface area contributed by atoms with E-state index < -0.39 is 75.4 Å². The van der Waals surface area contributed by atoms with Gasteiger partial charge in [-0.2, -0.15) is 10.2 Å². The number of allylic oxidation sites excluding steroid dienone is 2. The second-order valence-corrected chi connectivity index (χ2v) is 18.1. The number of rotatable bonds is 9. The van der Waals surface area contributed by atoms with Gasteiger partial charge in [-0.1, -0.05) is 42.5 Å². The van der Waals surface area contributed by atoms with E-state index in [1.165, 1.54) is 37.3 Å². The maximum atomic E-state index is 12.9. The first kappa shape index (κ1) is 49.7. The maximum absolute atomic E-state index is 12.9. The van der Waals surface area contributed by atoms with Gasteiger partial charge in [-0.15, -0.1) is 0 Å². The van der Waals surface area contributed by atoms with Crippen molar-refractivity contribution in [1.29, 1.82) is 0 Å². The first-order chi connectivity index (χ1) is 28.6. The number of ether oxygens (including phenoxy) is 1. The van der Waals surface area contributed by atoms with Crippen LogP contribution in [0.4, 0.5) is 28.4 Å². The summed E-state index contributed by atoms with van der Waals surface area (Å²) >= 11 is 0. The van der Waals surface area contributed by atoms with Crippen molar-refractivity contribution in [3.05, 3.63) is 116 Å². The second kappa shape index (κ2) is 19.2. The number of primary sulfonamides is 1. The average Bonchev–Trinajstić information content (AvgIpc) is 3.49. The number of sulfone groups is 1. The van der Waals surface area contributed by atoms with E-state index in [1.807, 2.05) is 0 Å². The van der Waals surface area contributed by atoms with Crippen molar-refractivity contribution >= 4 is 99.1 Å². The zero-order chi connectivity index (χ0) is 44.6. The van der Waals surface area contributed by atoms with Crippen LogP contribution >= 0.6 is 0 Å². The van der Waals surface area contributed by atoms with Gasteiger partial charge in [0.1, 0.15) is 27.8 Å². The number of sulfonamides is 2. The minimum Gasteiger partial charge on any atom is -0.506 e. The van der Waals surface area contributed by atoms with E-state index in [9.17, 15) is 60.0 Å². The molecule has 63 heavy (non-hydrogen) atoms. The molecular formula is C36H30CrN8NaO14S3+. The van der Waals surface area contributed by atoms with Gasteiger partial charge in [0.15, 0.2) is 11.7 Å². The summed E-state index contributed by atoms with van der Waals surface area (Å²) in [5, 5.41) is 46.7. The normalized spacial score (nSPS) is 15.9. The van der Waals surface area contributed by atoms with E-state index in [-0.39, 0.29) is 108 Å². The minimum absolute atomic E-state index is 0. The number of nitro groups is 1. The molecule has 0 fully saturated rings. The van der Waals surface area contributed by atoms with Gasteiger partial charge in [0.2, 0.25) is 53.1 Å². The Morgan fingerprint density at radius 2 is 1.54 bits per heavy atom. The van der Waals surface area contributed by atoms with Crippen molar-refractivity contribution in [2.24, 2.45) is 15.3 Å². The maximum Gasteiger partial charge on any atom is 1.00 e. The van der Waals surface area contributed by atoms with Gasteiger partial charge in [-0.05, 0) is 42.0 Å². The number of nitrogens with two attached hydrogens (primary N) is 1. The molecule has 0 radical (unpaired) electrons. The molecular weight excluding hydrogens is 940 g/mol. The molecule has 1 amide bonds. The third kappa shape index (κ3) is 11.0. The second-order valence-electron chi connectivity index (χ2n) is 12.9. The van der Waals surface area contributed by atoms with Gasteiger partial charge in [-0.25, -0.2) is 30.4 Å². The van der Waals surface area contributed by atoms with Crippen LogP contribution in [0.3, 0.4) is 0 Å². The van der Waals surface area contributed by atoms with Crippen molar-refractivity contribution in [2.45, 2.75) is 11.8 Å². The molecule has 322 valence electrons. The fraction of sp³-hybridized carbons (Fsp3) is 0.0833. The molecule has 0 saturated heterocycles. The number of phenolic OH excluding ortho intramolecular Hbond substituents is 2. The van der Waals surface area contributed by atoms with Crippen LogP contribution in [0.2, 0.25) is 0 Å². The van der Waals surface area contributed by atoms with Crippen LogP contribution in [-0.4, -0.2) is 81.5 Å². The average molecular weight is 970 g/mol. The summed E-state index contributed by atoms with van der Waals surface area (Å²) in [6, 6.07) is 16.3. The Kier molecular flexibility index (Phi) is 15.2. The first-order valence-electron chi connectivity index (χ1n) is 17.0. The number of carbonyl (C=O) groups is 3. The number of nitrogens with one attached hydrogen (secondary N) is 4. The topological polar surface area (TPSA) is 345 Å². The van der Waals surface area contributed by atoms with Gasteiger partial charge < -0.3 is 20.3 Å². The Labute approximate surface area is 390 Å². The third-order valence-corrected chi connectivity index (χ3v) is 11.4. The first-order valence-corrected chi connectivity index (χ1v) is 22.0. The number of ketones is 2. The quantitative estimate of drug-likeness (QED) is 0.0376. The number of nitrogens with zero attached hydrogens (tertiary/aromatic N) is 3. The van der Waals surface area contributed by atoms with E-state index >= 15 is 0 Å². The monoisotopic (exact) mass is 969 g/mol. The van der Waals surface area contributed by atoms with Crippen molar-refractivity contribution in [2.75, 3.05) is 33.1 Å². The molecule has 22 nitrogen and oxygen atoms in total. The molecule has 0 atom stereocenters. The molecule has 1 aliphatic heterocycles. The van der Waals surface area contributed by atoms with Crippen LogP contribution < -0.4 is 55.6 Å². The molecule has 3 aliphatic rings. The third-order valence-electron chi connectivity index (χ3n) is 8.48. The molecule has 2 aliphatic carbocycles. The molecule has 0 saturated carbocycles. The fourth-order valence-corrected chi connectivity index (χ4v) is 8.32. The number of aromatic hydroxyl groups is 2. The standard InChI is InChI=1S/C19H17N5O7S.C17H13N3O7S2.Cr.Na/c1-10(25)20-12-8-14(19(27)15(9-12)24(28)29)21-22-18-16(26)7-6-11-4-3-5-13(17(11)18)23-32(2,30)31;18-29(25,26)9-5-6-13(21)12(7-9)19-20-14-15(22)10-3-1-2-4-11(10)16-17(14)28(23,24)8-27-16;;/h3-9,21,23,27H,1-2H3,(H,20,25);1-7,19,21H,8H2,(H2,18,25,26);;/q;;;+1/b22-18+;20-14+;;. The largest absolute Gasteiger partial charge is 1.00 e. The summed E-state index contributed by atoms with van der Waals surface area (Å²) in [4.78, 5) is 46.4. The number of amides is 1. The van der Waals surface area contributed by atoms with Crippen LogP contribution in [0, 0.1) is 10.1 Å². The predicted octanol–water partition coefficient (Wildman–Crippen LogP) is -0.181. The molecule has 7 rings (SSSR count). The number of phenols is 2. The summed E-state index contributed by atoms with van der Waals surface area (Å²) in [5.74, 6) is -3.50. The number of carbonyl (C=O) groups excluding carboxylic acids is 3. The molecule has 4 aromatic carbocycles. The summed E-state index contributed by atoms with van der Waals surface area (Å²) < 4.78 is 78.9. The number of hydrogen-bond donors (Lipinski definition) is 7. The summed E-state index contributed by atoms with van der Waals surface area (Å²) in [7, 11) is -11.7. The number of hydrazone groups is 2. The van der Waals surface area contributed by atoms with Crippen LogP contribution in [0.25, 0.3) is 11.8 Å². The Balaban J connectivity index is 0.000000269. The van der Waals surface area contributed by atoms with Crippen molar-refractivity contribution in [3.63, 3.8) is 0 Å². The van der Waals surface area contributed by atoms with Crippen molar-refractivity contribution in [1.82, 2.24) is 0 Å². The minimum atomic E-state index is -4.06. The summed E-state index contributed by atoms with van der Waals surface area (Å²) in [5.41, 5.74) is 4.32. The molecule has 4 aromatic rings. The molecule has 0 spiro atoms. The smallest absolute Gasteiger partial charge is 0.506 e. The number of nitro benzene ring substituents is 1.